The summed E-state index contributed by atoms with van der Waals surface area (Å²) >= 11 is 0. The fourth-order valence-electron chi connectivity index (χ4n) is 4.75. The lowest BCUT2D eigenvalue weighted by Crippen LogP contribution is -2.39. The number of hydrogen-bond donors (Lipinski definition) is 1. The topological polar surface area (TPSA) is 41.6 Å². The van der Waals surface area contributed by atoms with Crippen LogP contribution >= 0.6 is 0 Å². The molecule has 0 aromatic rings. The molecule has 1 aliphatic heterocycles. The molecule has 0 spiro atoms. The molecule has 23 heavy (non-hydrogen) atoms. The average Bonchev–Trinajstić information content (AvgIpc) is 2.99. The Morgan fingerprint density at radius 3 is 2.61 bits per heavy atom. The van der Waals surface area contributed by atoms with Gasteiger partial charge in [-0.05, 0) is 83.6 Å². The summed E-state index contributed by atoms with van der Waals surface area (Å²) in [6.07, 6.45) is 9.06. The van der Waals surface area contributed by atoms with E-state index in [4.69, 9.17) is 4.74 Å². The Balaban J connectivity index is 1.41. The Labute approximate surface area is 141 Å². The second-order valence-corrected chi connectivity index (χ2v) is 8.94. The van der Waals surface area contributed by atoms with E-state index in [-0.39, 0.29) is 6.09 Å². The number of amides is 1. The number of fused-ring (bicyclic) bond motifs is 2. The van der Waals surface area contributed by atoms with E-state index < -0.39 is 5.60 Å². The molecule has 3 aliphatic rings. The van der Waals surface area contributed by atoms with E-state index in [0.29, 0.717) is 6.04 Å². The van der Waals surface area contributed by atoms with E-state index in [1.165, 1.54) is 38.6 Å². The van der Waals surface area contributed by atoms with Crippen LogP contribution in [-0.2, 0) is 4.74 Å². The molecule has 1 saturated heterocycles. The van der Waals surface area contributed by atoms with E-state index in [1.54, 1.807) is 0 Å². The minimum atomic E-state index is -0.400. The van der Waals surface area contributed by atoms with Gasteiger partial charge >= 0.3 is 6.09 Å². The van der Waals surface area contributed by atoms with Crippen LogP contribution in [0.1, 0.15) is 65.7 Å². The van der Waals surface area contributed by atoms with Gasteiger partial charge in [-0.15, -0.1) is 0 Å². The first kappa shape index (κ1) is 17.1. The zero-order valence-corrected chi connectivity index (χ0v) is 15.1. The van der Waals surface area contributed by atoms with E-state index in [0.717, 1.165) is 43.7 Å². The van der Waals surface area contributed by atoms with Gasteiger partial charge in [0.2, 0.25) is 0 Å². The van der Waals surface area contributed by atoms with Crippen molar-refractivity contribution in [2.24, 2.45) is 17.8 Å². The van der Waals surface area contributed by atoms with Crippen LogP contribution in [0.4, 0.5) is 4.79 Å². The maximum Gasteiger partial charge on any atom is 0.410 e. The molecule has 0 radical (unpaired) electrons. The van der Waals surface area contributed by atoms with Crippen LogP contribution in [-0.4, -0.2) is 42.3 Å². The first-order chi connectivity index (χ1) is 10.9. The summed E-state index contributed by atoms with van der Waals surface area (Å²) in [4.78, 5) is 14.1. The molecular weight excluding hydrogens is 288 g/mol. The first-order valence-electron chi connectivity index (χ1n) is 9.62. The van der Waals surface area contributed by atoms with Gasteiger partial charge in [0.1, 0.15) is 5.60 Å². The molecule has 4 nitrogen and oxygen atoms in total. The summed E-state index contributed by atoms with van der Waals surface area (Å²) in [6.45, 7) is 8.65. The molecule has 1 amide bonds. The average molecular weight is 322 g/mol. The van der Waals surface area contributed by atoms with Crippen molar-refractivity contribution in [3.8, 4) is 0 Å². The van der Waals surface area contributed by atoms with Crippen LogP contribution in [0.15, 0.2) is 0 Å². The molecule has 1 N–H and O–H groups in total. The molecule has 4 atom stereocenters. The Hall–Kier alpha value is -0.770. The SMILES string of the molecule is CC(C)(C)OC(=O)N1CCCC(NCC2CC3CCC2C3)CC1. The molecule has 2 saturated carbocycles. The lowest BCUT2D eigenvalue weighted by Gasteiger charge is -2.27. The van der Waals surface area contributed by atoms with Crippen molar-refractivity contribution in [1.82, 2.24) is 10.2 Å². The fraction of sp³-hybridized carbons (Fsp3) is 0.947. The number of ether oxygens (including phenoxy) is 1. The Bertz CT molecular complexity index is 418. The Kier molecular flexibility index (Phi) is 5.19. The van der Waals surface area contributed by atoms with Gasteiger partial charge in [-0.1, -0.05) is 6.42 Å². The van der Waals surface area contributed by atoms with Crippen molar-refractivity contribution < 1.29 is 9.53 Å². The fourth-order valence-corrected chi connectivity index (χ4v) is 4.75. The van der Waals surface area contributed by atoms with Gasteiger partial charge in [-0.25, -0.2) is 4.79 Å². The molecule has 132 valence electrons. The third-order valence-corrected chi connectivity index (χ3v) is 5.93. The van der Waals surface area contributed by atoms with Crippen molar-refractivity contribution >= 4 is 6.09 Å². The largest absolute Gasteiger partial charge is 0.444 e. The van der Waals surface area contributed by atoms with Crippen molar-refractivity contribution in [2.75, 3.05) is 19.6 Å². The Morgan fingerprint density at radius 2 is 1.96 bits per heavy atom. The number of rotatable bonds is 3. The zero-order chi connectivity index (χ0) is 16.4. The lowest BCUT2D eigenvalue weighted by molar-refractivity contribution is 0.0256. The van der Waals surface area contributed by atoms with E-state index in [9.17, 15) is 4.79 Å². The molecular formula is C19H34N2O2. The van der Waals surface area contributed by atoms with Gasteiger partial charge in [0, 0.05) is 19.1 Å². The molecule has 0 aromatic carbocycles. The first-order valence-corrected chi connectivity index (χ1v) is 9.62. The third-order valence-electron chi connectivity index (χ3n) is 5.93. The quantitative estimate of drug-likeness (QED) is 0.859. The normalized spacial score (nSPS) is 34.5. The molecule has 2 aliphatic carbocycles. The highest BCUT2D eigenvalue weighted by Crippen LogP contribution is 2.48. The number of nitrogens with one attached hydrogen (secondary N) is 1. The van der Waals surface area contributed by atoms with Crippen LogP contribution < -0.4 is 5.32 Å². The van der Waals surface area contributed by atoms with Gasteiger partial charge in [0.05, 0.1) is 0 Å². The maximum absolute atomic E-state index is 12.2. The summed E-state index contributed by atoms with van der Waals surface area (Å²) in [6, 6.07) is 0.571. The monoisotopic (exact) mass is 322 g/mol. The molecule has 3 fully saturated rings. The molecule has 1 heterocycles. The van der Waals surface area contributed by atoms with Crippen molar-refractivity contribution in [2.45, 2.75) is 77.4 Å². The minimum absolute atomic E-state index is 0.147. The second kappa shape index (κ2) is 7.00. The number of carbonyl (C=O) groups is 1. The van der Waals surface area contributed by atoms with Crippen molar-refractivity contribution in [1.29, 1.82) is 0 Å². The van der Waals surface area contributed by atoms with Crippen LogP contribution in [0.2, 0.25) is 0 Å². The highest BCUT2D eigenvalue weighted by molar-refractivity contribution is 5.68. The molecule has 2 bridgehead atoms. The maximum atomic E-state index is 12.2. The standard InChI is InChI=1S/C19H34N2O2/c1-19(2,3)23-18(22)21-9-4-5-17(8-10-21)20-13-16-12-14-6-7-15(16)11-14/h14-17,20H,4-13H2,1-3H3. The van der Waals surface area contributed by atoms with Crippen molar-refractivity contribution in [3.63, 3.8) is 0 Å². The highest BCUT2D eigenvalue weighted by atomic mass is 16.6. The predicted molar refractivity (Wildman–Crippen MR) is 92.4 cm³/mol. The van der Waals surface area contributed by atoms with E-state index >= 15 is 0 Å². The molecule has 0 aromatic heterocycles. The highest BCUT2D eigenvalue weighted by Gasteiger charge is 2.39. The summed E-state index contributed by atoms with van der Waals surface area (Å²) in [5.41, 5.74) is -0.400. The predicted octanol–water partition coefficient (Wildman–Crippen LogP) is 3.80. The van der Waals surface area contributed by atoms with Crippen LogP contribution in [0.5, 0.6) is 0 Å². The van der Waals surface area contributed by atoms with Gasteiger partial charge < -0.3 is 15.0 Å². The summed E-state index contributed by atoms with van der Waals surface area (Å²) in [5.74, 6) is 2.94. The summed E-state index contributed by atoms with van der Waals surface area (Å²) in [5, 5.41) is 3.82. The third kappa shape index (κ3) is 4.62. The van der Waals surface area contributed by atoms with E-state index in [1.807, 2.05) is 25.7 Å². The number of hydrogen-bond acceptors (Lipinski definition) is 3. The van der Waals surface area contributed by atoms with Crippen LogP contribution in [0, 0.1) is 17.8 Å². The zero-order valence-electron chi connectivity index (χ0n) is 15.1. The number of nitrogens with zero attached hydrogens (tertiary/aromatic N) is 1. The van der Waals surface area contributed by atoms with Gasteiger partial charge in [-0.3, -0.25) is 0 Å². The molecule has 4 unspecified atom stereocenters. The Morgan fingerprint density at radius 1 is 1.13 bits per heavy atom. The van der Waals surface area contributed by atoms with Crippen LogP contribution in [0.3, 0.4) is 0 Å². The number of carbonyl (C=O) groups excluding carboxylic acids is 1. The minimum Gasteiger partial charge on any atom is -0.444 e. The summed E-state index contributed by atoms with van der Waals surface area (Å²) < 4.78 is 5.51. The molecule has 4 heteroatoms. The van der Waals surface area contributed by atoms with Gasteiger partial charge in [0.15, 0.2) is 0 Å². The van der Waals surface area contributed by atoms with Gasteiger partial charge in [-0.2, -0.15) is 0 Å². The lowest BCUT2D eigenvalue weighted by atomic mass is 9.88. The van der Waals surface area contributed by atoms with Crippen molar-refractivity contribution in [3.05, 3.63) is 0 Å². The molecule has 3 rings (SSSR count). The number of likely N-dealkylation sites (tertiary alicyclic amines) is 1. The smallest absolute Gasteiger partial charge is 0.410 e. The van der Waals surface area contributed by atoms with Crippen LogP contribution in [0.25, 0.3) is 0 Å². The van der Waals surface area contributed by atoms with E-state index in [2.05, 4.69) is 5.32 Å². The second-order valence-electron chi connectivity index (χ2n) is 8.94. The van der Waals surface area contributed by atoms with Gasteiger partial charge in [0.25, 0.3) is 0 Å². The summed E-state index contributed by atoms with van der Waals surface area (Å²) in [7, 11) is 0.